The van der Waals surface area contributed by atoms with Crippen molar-refractivity contribution in [1.29, 1.82) is 0 Å². The van der Waals surface area contributed by atoms with Gasteiger partial charge in [0, 0.05) is 4.47 Å². The van der Waals surface area contributed by atoms with Gasteiger partial charge in [0.05, 0.1) is 12.2 Å². The Morgan fingerprint density at radius 1 is 1.09 bits per heavy atom. The predicted molar refractivity (Wildman–Crippen MR) is 92.5 cm³/mol. The van der Waals surface area contributed by atoms with Crippen molar-refractivity contribution in [2.45, 2.75) is 6.92 Å². The van der Waals surface area contributed by atoms with Gasteiger partial charge in [-0.3, -0.25) is 9.59 Å². The van der Waals surface area contributed by atoms with Gasteiger partial charge in [-0.2, -0.15) is 0 Å². The van der Waals surface area contributed by atoms with Crippen LogP contribution in [0.5, 0.6) is 5.75 Å². The second-order valence-corrected chi connectivity index (χ2v) is 5.76. The maximum Gasteiger partial charge on any atom is 0.258 e. The molecule has 0 bridgehead atoms. The molecule has 0 unspecified atom stereocenters. The largest absolute Gasteiger partial charge is 0.484 e. The number of carbonyl (C=O) groups is 2. The molecule has 2 aromatic carbocycles. The summed E-state index contributed by atoms with van der Waals surface area (Å²) < 4.78 is 6.10. The molecule has 0 fully saturated rings. The molecule has 6 heteroatoms. The Bertz CT molecular complexity index is 689. The van der Waals surface area contributed by atoms with Crippen molar-refractivity contribution in [3.05, 3.63) is 58.6 Å². The van der Waals surface area contributed by atoms with Crippen molar-refractivity contribution in [3.8, 4) is 5.75 Å². The van der Waals surface area contributed by atoms with Crippen molar-refractivity contribution in [3.63, 3.8) is 0 Å². The zero-order valence-corrected chi connectivity index (χ0v) is 14.2. The van der Waals surface area contributed by atoms with Crippen molar-refractivity contribution < 1.29 is 14.3 Å². The molecule has 0 saturated heterocycles. The van der Waals surface area contributed by atoms with E-state index >= 15 is 0 Å². The van der Waals surface area contributed by atoms with Crippen LogP contribution in [0.25, 0.3) is 0 Å². The van der Waals surface area contributed by atoms with Crippen LogP contribution in [-0.4, -0.2) is 25.0 Å². The average molecular weight is 377 g/mol. The lowest BCUT2D eigenvalue weighted by molar-refractivity contribution is -0.125. The van der Waals surface area contributed by atoms with Gasteiger partial charge in [0.2, 0.25) is 5.91 Å². The topological polar surface area (TPSA) is 67.4 Å². The van der Waals surface area contributed by atoms with Crippen LogP contribution >= 0.6 is 15.9 Å². The highest BCUT2D eigenvalue weighted by Crippen LogP contribution is 2.23. The van der Waals surface area contributed by atoms with Crippen molar-refractivity contribution >= 4 is 33.4 Å². The molecule has 0 aromatic heterocycles. The monoisotopic (exact) mass is 376 g/mol. The Morgan fingerprint density at radius 3 is 2.52 bits per heavy atom. The quantitative estimate of drug-likeness (QED) is 0.814. The van der Waals surface area contributed by atoms with Gasteiger partial charge in [0.15, 0.2) is 6.61 Å². The number of rotatable bonds is 6. The second kappa shape index (κ2) is 8.33. The van der Waals surface area contributed by atoms with Crippen LogP contribution in [0.3, 0.4) is 0 Å². The molecule has 0 heterocycles. The summed E-state index contributed by atoms with van der Waals surface area (Å²) in [6, 6.07) is 14.6. The predicted octanol–water partition coefficient (Wildman–Crippen LogP) is 2.89. The number of hydrogen-bond donors (Lipinski definition) is 2. The van der Waals surface area contributed by atoms with Gasteiger partial charge >= 0.3 is 0 Å². The summed E-state index contributed by atoms with van der Waals surface area (Å²) in [5, 5.41) is 5.24. The fourth-order valence-electron chi connectivity index (χ4n) is 1.81. The van der Waals surface area contributed by atoms with E-state index < -0.39 is 0 Å². The number of halogens is 1. The lowest BCUT2D eigenvalue weighted by Gasteiger charge is -2.09. The van der Waals surface area contributed by atoms with E-state index in [4.69, 9.17) is 4.74 Å². The number of anilines is 1. The molecule has 2 N–H and O–H groups in total. The van der Waals surface area contributed by atoms with Gasteiger partial charge in [-0.1, -0.05) is 24.3 Å². The molecule has 0 radical (unpaired) electrons. The number of hydrogen-bond acceptors (Lipinski definition) is 3. The van der Waals surface area contributed by atoms with E-state index in [1.54, 1.807) is 18.2 Å². The van der Waals surface area contributed by atoms with Crippen LogP contribution in [-0.2, 0) is 9.59 Å². The minimum absolute atomic E-state index is 0.114. The highest BCUT2D eigenvalue weighted by Gasteiger charge is 2.08. The number of aryl methyl sites for hydroxylation is 1. The van der Waals surface area contributed by atoms with Gasteiger partial charge in [-0.15, -0.1) is 0 Å². The maximum atomic E-state index is 11.8. The minimum atomic E-state index is -0.355. The van der Waals surface area contributed by atoms with Gasteiger partial charge in [-0.05, 0) is 52.7 Å². The summed E-state index contributed by atoms with van der Waals surface area (Å²) in [7, 11) is 0. The van der Waals surface area contributed by atoms with Crippen LogP contribution in [0, 0.1) is 6.92 Å². The molecule has 0 atom stereocenters. The molecule has 23 heavy (non-hydrogen) atoms. The van der Waals surface area contributed by atoms with Crippen molar-refractivity contribution in [1.82, 2.24) is 5.32 Å². The molecule has 0 aliphatic heterocycles. The first-order chi connectivity index (χ1) is 11.0. The van der Waals surface area contributed by atoms with Crippen LogP contribution in [0.4, 0.5) is 5.69 Å². The highest BCUT2D eigenvalue weighted by atomic mass is 79.9. The van der Waals surface area contributed by atoms with Crippen LogP contribution in [0.15, 0.2) is 53.0 Å². The first-order valence-corrected chi connectivity index (χ1v) is 7.84. The van der Waals surface area contributed by atoms with Gasteiger partial charge in [-0.25, -0.2) is 0 Å². The summed E-state index contributed by atoms with van der Waals surface area (Å²) in [6.45, 7) is 1.71. The molecular formula is C17H17BrN2O3. The zero-order valence-electron chi connectivity index (χ0n) is 12.6. The Morgan fingerprint density at radius 2 is 1.83 bits per heavy atom. The van der Waals surface area contributed by atoms with Crippen molar-refractivity contribution in [2.24, 2.45) is 0 Å². The van der Waals surface area contributed by atoms with E-state index in [0.717, 1.165) is 10.0 Å². The number of para-hydroxylation sites is 1. The lowest BCUT2D eigenvalue weighted by Crippen LogP contribution is -2.35. The SMILES string of the molecule is Cc1ccc(NC(=O)CNC(=O)COc2ccccc2)c(Br)c1. The molecule has 2 rings (SSSR count). The third-order valence-corrected chi connectivity index (χ3v) is 3.61. The normalized spacial score (nSPS) is 10.0. The number of carbonyl (C=O) groups excluding carboxylic acids is 2. The Labute approximate surface area is 143 Å². The van der Waals surface area contributed by atoms with E-state index in [-0.39, 0.29) is 25.0 Å². The standard InChI is InChI=1S/C17H17BrN2O3/c1-12-7-8-15(14(18)9-12)20-16(21)10-19-17(22)11-23-13-5-3-2-4-6-13/h2-9H,10-11H2,1H3,(H,19,22)(H,20,21). The average Bonchev–Trinajstić information content (AvgIpc) is 2.54. The van der Waals surface area contributed by atoms with E-state index in [2.05, 4.69) is 26.6 Å². The first-order valence-electron chi connectivity index (χ1n) is 7.05. The molecule has 2 aromatic rings. The van der Waals surface area contributed by atoms with Crippen LogP contribution < -0.4 is 15.4 Å². The number of nitrogens with one attached hydrogen (secondary N) is 2. The Balaban J connectivity index is 1.74. The summed E-state index contributed by atoms with van der Waals surface area (Å²) in [5.74, 6) is -0.0507. The fourth-order valence-corrected chi connectivity index (χ4v) is 2.40. The summed E-state index contributed by atoms with van der Waals surface area (Å²) >= 11 is 3.38. The number of ether oxygens (including phenoxy) is 1. The molecule has 0 saturated carbocycles. The van der Waals surface area contributed by atoms with Gasteiger partial charge < -0.3 is 15.4 Å². The van der Waals surface area contributed by atoms with Crippen molar-refractivity contribution in [2.75, 3.05) is 18.5 Å². The van der Waals surface area contributed by atoms with Gasteiger partial charge in [0.25, 0.3) is 5.91 Å². The zero-order chi connectivity index (χ0) is 16.7. The minimum Gasteiger partial charge on any atom is -0.484 e. The van der Waals surface area contributed by atoms with Gasteiger partial charge in [0.1, 0.15) is 5.75 Å². The first kappa shape index (κ1) is 17.0. The maximum absolute atomic E-state index is 11.8. The summed E-state index contributed by atoms with van der Waals surface area (Å²) in [4.78, 5) is 23.5. The molecule has 0 aliphatic rings. The third-order valence-electron chi connectivity index (χ3n) is 2.96. The second-order valence-electron chi connectivity index (χ2n) is 4.91. The number of amides is 2. The molecule has 2 amide bonds. The fraction of sp³-hybridized carbons (Fsp3) is 0.176. The summed E-state index contributed by atoms with van der Waals surface area (Å²) in [6.07, 6.45) is 0. The molecule has 0 spiro atoms. The Kier molecular flexibility index (Phi) is 6.17. The van der Waals surface area contributed by atoms with E-state index in [0.29, 0.717) is 11.4 Å². The number of benzene rings is 2. The molecule has 120 valence electrons. The van der Waals surface area contributed by atoms with E-state index in [1.807, 2.05) is 37.3 Å². The molecule has 5 nitrogen and oxygen atoms in total. The summed E-state index contributed by atoms with van der Waals surface area (Å²) in [5.41, 5.74) is 1.75. The smallest absolute Gasteiger partial charge is 0.258 e. The van der Waals surface area contributed by atoms with Crippen LogP contribution in [0.1, 0.15) is 5.56 Å². The molecule has 0 aliphatic carbocycles. The van der Waals surface area contributed by atoms with Crippen LogP contribution in [0.2, 0.25) is 0 Å². The third kappa shape index (κ3) is 5.75. The van der Waals surface area contributed by atoms with E-state index in [1.165, 1.54) is 0 Å². The van der Waals surface area contributed by atoms with E-state index in [9.17, 15) is 9.59 Å². The Hall–Kier alpha value is -2.34. The highest BCUT2D eigenvalue weighted by molar-refractivity contribution is 9.10. The lowest BCUT2D eigenvalue weighted by atomic mass is 10.2. The molecular weight excluding hydrogens is 360 g/mol.